The molecule has 0 aliphatic carbocycles. The summed E-state index contributed by atoms with van der Waals surface area (Å²) in [4.78, 5) is 15.0. The SMILES string of the molecule is O=C(OCc1cc(-c2ccccc2C(F)(F)F)no1)c1ccc(C(F)(F)F)nc1. The quantitative estimate of drug-likeness (QED) is 0.436. The average Bonchev–Trinajstić information content (AvgIpc) is 3.14. The van der Waals surface area contributed by atoms with Crippen molar-refractivity contribution >= 4 is 5.97 Å². The molecule has 0 amide bonds. The van der Waals surface area contributed by atoms with Gasteiger partial charge in [0.2, 0.25) is 0 Å². The summed E-state index contributed by atoms with van der Waals surface area (Å²) in [5.41, 5.74) is -2.64. The molecule has 152 valence electrons. The molecule has 0 atom stereocenters. The molecule has 0 bridgehead atoms. The summed E-state index contributed by atoms with van der Waals surface area (Å²) >= 11 is 0. The number of pyridine rings is 1. The van der Waals surface area contributed by atoms with Crippen molar-refractivity contribution in [1.29, 1.82) is 0 Å². The summed E-state index contributed by atoms with van der Waals surface area (Å²) in [7, 11) is 0. The van der Waals surface area contributed by atoms with Crippen molar-refractivity contribution in [2.45, 2.75) is 19.0 Å². The normalized spacial score (nSPS) is 12.1. The van der Waals surface area contributed by atoms with E-state index in [9.17, 15) is 31.1 Å². The topological polar surface area (TPSA) is 65.2 Å². The monoisotopic (exact) mass is 416 g/mol. The van der Waals surface area contributed by atoms with Crippen LogP contribution in [-0.4, -0.2) is 16.1 Å². The number of esters is 1. The molecule has 0 unspecified atom stereocenters. The van der Waals surface area contributed by atoms with E-state index in [2.05, 4.69) is 10.1 Å². The third-order valence-corrected chi connectivity index (χ3v) is 3.70. The van der Waals surface area contributed by atoms with E-state index < -0.39 is 36.2 Å². The van der Waals surface area contributed by atoms with Crippen LogP contribution >= 0.6 is 0 Å². The van der Waals surface area contributed by atoms with Crippen LogP contribution in [0.4, 0.5) is 26.3 Å². The van der Waals surface area contributed by atoms with Gasteiger partial charge in [0.05, 0.1) is 11.1 Å². The van der Waals surface area contributed by atoms with Gasteiger partial charge in [0.15, 0.2) is 12.4 Å². The summed E-state index contributed by atoms with van der Waals surface area (Å²) in [6.07, 6.45) is -8.54. The van der Waals surface area contributed by atoms with Gasteiger partial charge in [0, 0.05) is 17.8 Å². The molecular weight excluding hydrogens is 406 g/mol. The highest BCUT2D eigenvalue weighted by molar-refractivity contribution is 5.88. The van der Waals surface area contributed by atoms with Crippen LogP contribution in [0.15, 0.2) is 53.2 Å². The van der Waals surface area contributed by atoms with Crippen LogP contribution in [0.5, 0.6) is 0 Å². The Balaban J connectivity index is 1.69. The predicted octanol–water partition coefficient (Wildman–Crippen LogP) is 5.13. The van der Waals surface area contributed by atoms with E-state index >= 15 is 0 Å². The largest absolute Gasteiger partial charge is 0.454 e. The van der Waals surface area contributed by atoms with Crippen LogP contribution in [0.3, 0.4) is 0 Å². The third-order valence-electron chi connectivity index (χ3n) is 3.70. The zero-order chi connectivity index (χ0) is 21.2. The highest BCUT2D eigenvalue weighted by Crippen LogP contribution is 2.36. The van der Waals surface area contributed by atoms with E-state index in [-0.39, 0.29) is 22.6 Å². The number of carbonyl (C=O) groups is 1. The summed E-state index contributed by atoms with van der Waals surface area (Å²) in [6, 6.07) is 7.42. The maximum Gasteiger partial charge on any atom is 0.433 e. The minimum Gasteiger partial charge on any atom is -0.454 e. The van der Waals surface area contributed by atoms with Gasteiger partial charge in [-0.2, -0.15) is 26.3 Å². The summed E-state index contributed by atoms with van der Waals surface area (Å²) < 4.78 is 86.4. The fraction of sp³-hybridized carbons (Fsp3) is 0.167. The van der Waals surface area contributed by atoms with Crippen LogP contribution in [0, 0.1) is 0 Å². The van der Waals surface area contributed by atoms with E-state index in [0.29, 0.717) is 12.3 Å². The lowest BCUT2D eigenvalue weighted by atomic mass is 10.0. The average molecular weight is 416 g/mol. The van der Waals surface area contributed by atoms with Crippen LogP contribution in [-0.2, 0) is 23.7 Å². The molecule has 0 saturated carbocycles. The molecule has 0 aliphatic heterocycles. The molecule has 0 saturated heterocycles. The van der Waals surface area contributed by atoms with Gasteiger partial charge in [-0.1, -0.05) is 23.4 Å². The molecule has 0 fully saturated rings. The van der Waals surface area contributed by atoms with Crippen molar-refractivity contribution in [1.82, 2.24) is 10.1 Å². The van der Waals surface area contributed by atoms with Gasteiger partial charge in [-0.15, -0.1) is 0 Å². The number of hydrogen-bond acceptors (Lipinski definition) is 5. The summed E-state index contributed by atoms with van der Waals surface area (Å²) in [5.74, 6) is -1.04. The molecule has 2 heterocycles. The number of aromatic nitrogens is 2. The first-order valence-electron chi connectivity index (χ1n) is 7.88. The predicted molar refractivity (Wildman–Crippen MR) is 85.3 cm³/mol. The minimum atomic E-state index is -4.65. The molecule has 2 aromatic heterocycles. The molecule has 3 rings (SSSR count). The Morgan fingerprint density at radius 2 is 1.72 bits per heavy atom. The van der Waals surface area contributed by atoms with Crippen molar-refractivity contribution < 1.29 is 40.4 Å². The second-order valence-electron chi connectivity index (χ2n) is 5.73. The first-order valence-corrected chi connectivity index (χ1v) is 7.88. The Hall–Kier alpha value is -3.37. The van der Waals surface area contributed by atoms with Crippen molar-refractivity contribution in [2.24, 2.45) is 0 Å². The maximum atomic E-state index is 13.1. The van der Waals surface area contributed by atoms with Crippen LogP contribution in [0.2, 0.25) is 0 Å². The van der Waals surface area contributed by atoms with Crippen LogP contribution in [0.1, 0.15) is 27.4 Å². The summed E-state index contributed by atoms with van der Waals surface area (Å²) in [5, 5.41) is 3.55. The van der Waals surface area contributed by atoms with Gasteiger partial charge in [0.1, 0.15) is 11.4 Å². The van der Waals surface area contributed by atoms with Gasteiger partial charge < -0.3 is 9.26 Å². The number of carbonyl (C=O) groups excluding carboxylic acids is 1. The highest BCUT2D eigenvalue weighted by Gasteiger charge is 2.34. The number of rotatable bonds is 4. The van der Waals surface area contributed by atoms with Crippen molar-refractivity contribution in [3.63, 3.8) is 0 Å². The minimum absolute atomic E-state index is 0.0507. The van der Waals surface area contributed by atoms with Crippen molar-refractivity contribution in [2.75, 3.05) is 0 Å². The number of hydrogen-bond donors (Lipinski definition) is 0. The molecular formula is C18H10F6N2O3. The zero-order valence-electron chi connectivity index (χ0n) is 14.2. The fourth-order valence-electron chi connectivity index (χ4n) is 2.36. The van der Waals surface area contributed by atoms with Gasteiger partial charge >= 0.3 is 18.3 Å². The van der Waals surface area contributed by atoms with Gasteiger partial charge in [0.25, 0.3) is 0 Å². The molecule has 11 heteroatoms. The van der Waals surface area contributed by atoms with E-state index in [1.54, 1.807) is 0 Å². The smallest absolute Gasteiger partial charge is 0.433 e. The highest BCUT2D eigenvalue weighted by atomic mass is 19.4. The molecule has 1 aromatic carbocycles. The van der Waals surface area contributed by atoms with E-state index in [4.69, 9.17) is 9.26 Å². The lowest BCUT2D eigenvalue weighted by Crippen LogP contribution is -2.10. The van der Waals surface area contributed by atoms with E-state index in [0.717, 1.165) is 12.1 Å². The number of halogens is 6. The first kappa shape index (κ1) is 20.4. The standard InChI is InChI=1S/C18H10F6N2O3/c19-17(20,21)13-4-2-1-3-12(13)14-7-11(29-26-14)9-28-16(27)10-5-6-15(25-8-10)18(22,23)24/h1-8H,9H2. The van der Waals surface area contributed by atoms with Gasteiger partial charge in [-0.3, -0.25) is 4.98 Å². The van der Waals surface area contributed by atoms with E-state index in [1.807, 2.05) is 0 Å². The van der Waals surface area contributed by atoms with Gasteiger partial charge in [-0.05, 0) is 18.2 Å². The Labute approximate surface area is 158 Å². The number of alkyl halides is 6. The molecule has 0 N–H and O–H groups in total. The molecule has 0 spiro atoms. The number of benzene rings is 1. The number of nitrogens with zero attached hydrogens (tertiary/aromatic N) is 2. The fourth-order valence-corrected chi connectivity index (χ4v) is 2.36. The van der Waals surface area contributed by atoms with Crippen LogP contribution < -0.4 is 0 Å². The molecule has 0 aliphatic rings. The molecule has 5 nitrogen and oxygen atoms in total. The third kappa shape index (κ3) is 4.73. The Bertz CT molecular complexity index is 1010. The second-order valence-corrected chi connectivity index (χ2v) is 5.73. The second kappa shape index (κ2) is 7.57. The Morgan fingerprint density at radius 3 is 2.34 bits per heavy atom. The molecule has 3 aromatic rings. The van der Waals surface area contributed by atoms with Crippen molar-refractivity contribution in [3.05, 3.63) is 71.2 Å². The zero-order valence-corrected chi connectivity index (χ0v) is 14.2. The maximum absolute atomic E-state index is 13.1. The molecule has 29 heavy (non-hydrogen) atoms. The summed E-state index contributed by atoms with van der Waals surface area (Å²) in [6.45, 7) is -0.485. The Kier molecular flexibility index (Phi) is 5.31. The number of ether oxygens (including phenoxy) is 1. The Morgan fingerprint density at radius 1 is 1.00 bits per heavy atom. The van der Waals surface area contributed by atoms with Crippen LogP contribution in [0.25, 0.3) is 11.3 Å². The lowest BCUT2D eigenvalue weighted by Gasteiger charge is -2.10. The first-order chi connectivity index (χ1) is 13.6. The van der Waals surface area contributed by atoms with Crippen molar-refractivity contribution in [3.8, 4) is 11.3 Å². The van der Waals surface area contributed by atoms with E-state index in [1.165, 1.54) is 24.3 Å². The molecule has 0 radical (unpaired) electrons. The van der Waals surface area contributed by atoms with Gasteiger partial charge in [-0.25, -0.2) is 4.79 Å². The lowest BCUT2D eigenvalue weighted by molar-refractivity contribution is -0.141.